The quantitative estimate of drug-likeness (QED) is 0.731. The number of hydrogen-bond acceptors (Lipinski definition) is 4. The van der Waals surface area contributed by atoms with Crippen molar-refractivity contribution in [3.63, 3.8) is 0 Å². The lowest BCUT2D eigenvalue weighted by molar-refractivity contribution is 0.0947. The molecular formula is C11H14BrFN2O4S. The van der Waals surface area contributed by atoms with Gasteiger partial charge in [-0.2, -0.15) is 0 Å². The van der Waals surface area contributed by atoms with Crippen LogP contribution in [-0.4, -0.2) is 34.6 Å². The zero-order valence-electron chi connectivity index (χ0n) is 10.7. The molecule has 1 amide bonds. The molecule has 0 spiro atoms. The Morgan fingerprint density at radius 3 is 2.70 bits per heavy atom. The summed E-state index contributed by atoms with van der Waals surface area (Å²) in [6, 6.07) is 1.80. The summed E-state index contributed by atoms with van der Waals surface area (Å²) in [4.78, 5) is 11.2. The van der Waals surface area contributed by atoms with E-state index in [1.807, 2.05) is 0 Å². The van der Waals surface area contributed by atoms with Crippen molar-refractivity contribution in [3.8, 4) is 0 Å². The molecule has 0 aliphatic heterocycles. The van der Waals surface area contributed by atoms with E-state index >= 15 is 0 Å². The highest BCUT2D eigenvalue weighted by Gasteiger charge is 2.20. The van der Waals surface area contributed by atoms with Crippen molar-refractivity contribution >= 4 is 31.9 Å². The smallest absolute Gasteiger partial charge is 0.252 e. The van der Waals surface area contributed by atoms with Gasteiger partial charge in [-0.15, -0.1) is 0 Å². The highest BCUT2D eigenvalue weighted by Crippen LogP contribution is 2.23. The van der Waals surface area contributed by atoms with Crippen LogP contribution in [0.1, 0.15) is 16.8 Å². The number of methoxy groups -OCH3 is 1. The van der Waals surface area contributed by atoms with Crippen LogP contribution < -0.4 is 10.5 Å². The first-order valence-electron chi connectivity index (χ1n) is 5.56. The number of carbonyl (C=O) groups is 1. The fourth-order valence-corrected chi connectivity index (χ4v) is 2.54. The molecule has 1 aromatic carbocycles. The second-order valence-electron chi connectivity index (χ2n) is 3.91. The summed E-state index contributed by atoms with van der Waals surface area (Å²) in [7, 11) is -2.69. The largest absolute Gasteiger partial charge is 0.385 e. The van der Waals surface area contributed by atoms with Gasteiger partial charge in [-0.1, -0.05) is 0 Å². The average molecular weight is 369 g/mol. The normalized spacial score (nSPS) is 11.4. The van der Waals surface area contributed by atoms with Crippen LogP contribution in [0.2, 0.25) is 0 Å². The van der Waals surface area contributed by atoms with Gasteiger partial charge in [-0.3, -0.25) is 4.79 Å². The number of benzene rings is 1. The molecule has 3 N–H and O–H groups in total. The van der Waals surface area contributed by atoms with Gasteiger partial charge in [-0.25, -0.2) is 17.9 Å². The van der Waals surface area contributed by atoms with E-state index in [0.29, 0.717) is 19.6 Å². The summed E-state index contributed by atoms with van der Waals surface area (Å²) in [5.74, 6) is -1.55. The molecule has 1 aromatic rings. The summed E-state index contributed by atoms with van der Waals surface area (Å²) in [6.07, 6.45) is 0.600. The molecule has 0 unspecified atom stereocenters. The summed E-state index contributed by atoms with van der Waals surface area (Å²) in [5, 5.41) is 7.45. The molecule has 20 heavy (non-hydrogen) atoms. The van der Waals surface area contributed by atoms with Crippen molar-refractivity contribution in [2.75, 3.05) is 20.3 Å². The molecule has 0 saturated carbocycles. The average Bonchev–Trinajstić information content (AvgIpc) is 2.32. The Hall–Kier alpha value is -1.03. The van der Waals surface area contributed by atoms with Crippen LogP contribution in [0.4, 0.5) is 4.39 Å². The number of ether oxygens (including phenoxy) is 1. The second-order valence-corrected chi connectivity index (χ2v) is 6.29. The number of rotatable bonds is 6. The van der Waals surface area contributed by atoms with Crippen LogP contribution in [0.3, 0.4) is 0 Å². The molecular weight excluding hydrogens is 355 g/mol. The Morgan fingerprint density at radius 2 is 2.15 bits per heavy atom. The maximum Gasteiger partial charge on any atom is 0.252 e. The first-order valence-corrected chi connectivity index (χ1v) is 7.90. The van der Waals surface area contributed by atoms with Crippen molar-refractivity contribution in [2.45, 2.75) is 11.3 Å². The summed E-state index contributed by atoms with van der Waals surface area (Å²) >= 11 is 3.01. The molecule has 0 atom stereocenters. The van der Waals surface area contributed by atoms with Gasteiger partial charge >= 0.3 is 0 Å². The number of carbonyl (C=O) groups excluding carboxylic acids is 1. The van der Waals surface area contributed by atoms with Crippen LogP contribution in [0.5, 0.6) is 0 Å². The molecule has 0 aliphatic rings. The van der Waals surface area contributed by atoms with Crippen molar-refractivity contribution < 1.29 is 22.3 Å². The monoisotopic (exact) mass is 368 g/mol. The molecule has 9 heteroatoms. The Kier molecular flexibility index (Phi) is 6.06. The third kappa shape index (κ3) is 4.51. The number of hydrogen-bond donors (Lipinski definition) is 2. The van der Waals surface area contributed by atoms with E-state index in [1.165, 1.54) is 7.11 Å². The maximum absolute atomic E-state index is 13.5. The zero-order chi connectivity index (χ0) is 15.3. The summed E-state index contributed by atoms with van der Waals surface area (Å²) in [5.41, 5.74) is -0.00663. The molecule has 6 nitrogen and oxygen atoms in total. The number of nitrogens with two attached hydrogens (primary N) is 1. The minimum atomic E-state index is -4.23. The molecule has 0 fully saturated rings. The molecule has 0 bridgehead atoms. The number of amides is 1. The number of sulfonamides is 1. The SMILES string of the molecule is COCCCNC(=O)c1cc(S(N)(=O)=O)c(F)cc1Br. The van der Waals surface area contributed by atoms with Crippen LogP contribution in [-0.2, 0) is 14.8 Å². The predicted molar refractivity (Wildman–Crippen MR) is 74.3 cm³/mol. The van der Waals surface area contributed by atoms with E-state index in [2.05, 4.69) is 21.2 Å². The Bertz CT molecular complexity index is 607. The Morgan fingerprint density at radius 1 is 1.50 bits per heavy atom. The molecule has 0 aliphatic carbocycles. The van der Waals surface area contributed by atoms with Gasteiger partial charge in [0.25, 0.3) is 5.91 Å². The van der Waals surface area contributed by atoms with E-state index in [0.717, 1.165) is 12.1 Å². The molecule has 0 aromatic heterocycles. The van der Waals surface area contributed by atoms with E-state index in [9.17, 15) is 17.6 Å². The first-order chi connectivity index (χ1) is 9.27. The molecule has 0 heterocycles. The van der Waals surface area contributed by atoms with Crippen LogP contribution in [0.15, 0.2) is 21.5 Å². The number of primary sulfonamides is 1. The summed E-state index contributed by atoms with van der Waals surface area (Å²) < 4.78 is 40.9. The van der Waals surface area contributed by atoms with Gasteiger partial charge in [0.05, 0.1) is 5.56 Å². The third-order valence-corrected chi connectivity index (χ3v) is 3.97. The highest BCUT2D eigenvalue weighted by molar-refractivity contribution is 9.10. The lowest BCUT2D eigenvalue weighted by Gasteiger charge is -2.09. The van der Waals surface area contributed by atoms with Crippen LogP contribution >= 0.6 is 15.9 Å². The van der Waals surface area contributed by atoms with Crippen molar-refractivity contribution in [2.24, 2.45) is 5.14 Å². The van der Waals surface area contributed by atoms with Crippen molar-refractivity contribution in [1.29, 1.82) is 0 Å². The predicted octanol–water partition coefficient (Wildman–Crippen LogP) is 1.00. The fraction of sp³-hybridized carbons (Fsp3) is 0.364. The van der Waals surface area contributed by atoms with Gasteiger partial charge in [0.1, 0.15) is 10.7 Å². The number of halogens is 2. The number of nitrogens with one attached hydrogen (secondary N) is 1. The minimum absolute atomic E-state index is 0.00663. The van der Waals surface area contributed by atoms with E-state index < -0.39 is 26.6 Å². The molecule has 0 radical (unpaired) electrons. The van der Waals surface area contributed by atoms with Crippen molar-refractivity contribution in [1.82, 2.24) is 5.32 Å². The second kappa shape index (κ2) is 7.11. The van der Waals surface area contributed by atoms with Crippen LogP contribution in [0, 0.1) is 5.82 Å². The first kappa shape index (κ1) is 17.0. The van der Waals surface area contributed by atoms with Gasteiger partial charge in [0, 0.05) is 24.7 Å². The molecule has 112 valence electrons. The van der Waals surface area contributed by atoms with Gasteiger partial charge in [0.2, 0.25) is 10.0 Å². The standard InChI is InChI=1S/C11H14BrFN2O4S/c1-19-4-2-3-15-11(16)7-5-10(20(14,17)18)9(13)6-8(7)12/h5-6H,2-4H2,1H3,(H,15,16)(H2,14,17,18). The fourth-order valence-electron chi connectivity index (χ4n) is 1.43. The Labute approximate surface area is 124 Å². The van der Waals surface area contributed by atoms with Gasteiger partial charge in [0.15, 0.2) is 0 Å². The summed E-state index contributed by atoms with van der Waals surface area (Å²) in [6.45, 7) is 0.828. The Balaban J connectivity index is 2.98. The molecule has 1 rings (SSSR count). The molecule has 0 saturated heterocycles. The van der Waals surface area contributed by atoms with Crippen molar-refractivity contribution in [3.05, 3.63) is 28.0 Å². The van der Waals surface area contributed by atoms with Gasteiger partial charge in [-0.05, 0) is 34.5 Å². The highest BCUT2D eigenvalue weighted by atomic mass is 79.9. The third-order valence-electron chi connectivity index (χ3n) is 2.38. The lowest BCUT2D eigenvalue weighted by atomic mass is 10.2. The van der Waals surface area contributed by atoms with Crippen LogP contribution in [0.25, 0.3) is 0 Å². The lowest BCUT2D eigenvalue weighted by Crippen LogP contribution is -2.26. The minimum Gasteiger partial charge on any atom is -0.385 e. The van der Waals surface area contributed by atoms with E-state index in [-0.39, 0.29) is 10.0 Å². The maximum atomic E-state index is 13.5. The zero-order valence-corrected chi connectivity index (χ0v) is 13.1. The van der Waals surface area contributed by atoms with Gasteiger partial charge < -0.3 is 10.1 Å². The topological polar surface area (TPSA) is 98.5 Å². The van der Waals surface area contributed by atoms with E-state index in [4.69, 9.17) is 9.88 Å². The van der Waals surface area contributed by atoms with E-state index in [1.54, 1.807) is 0 Å².